The van der Waals surface area contributed by atoms with Gasteiger partial charge in [0.2, 0.25) is 0 Å². The van der Waals surface area contributed by atoms with Crippen LogP contribution in [0.2, 0.25) is 0 Å². The highest BCUT2D eigenvalue weighted by molar-refractivity contribution is 5.76. The first-order chi connectivity index (χ1) is 10.5. The van der Waals surface area contributed by atoms with Gasteiger partial charge in [0, 0.05) is 6.04 Å². The molecule has 0 unspecified atom stereocenters. The van der Waals surface area contributed by atoms with E-state index < -0.39 is 12.0 Å². The molecule has 2 aromatic carbocycles. The van der Waals surface area contributed by atoms with Gasteiger partial charge < -0.3 is 5.11 Å². The van der Waals surface area contributed by atoms with E-state index in [2.05, 4.69) is 24.4 Å². The van der Waals surface area contributed by atoms with Gasteiger partial charge in [-0.3, -0.25) is 10.1 Å². The van der Waals surface area contributed by atoms with Crippen molar-refractivity contribution in [3.63, 3.8) is 0 Å². The van der Waals surface area contributed by atoms with Crippen molar-refractivity contribution >= 4 is 5.97 Å². The molecule has 0 heterocycles. The maximum Gasteiger partial charge on any atom is 0.325 e. The fourth-order valence-electron chi connectivity index (χ4n) is 2.66. The molecular formula is C19H23NO2. The summed E-state index contributed by atoms with van der Waals surface area (Å²) in [5.41, 5.74) is 3.01. The molecule has 0 aliphatic rings. The Labute approximate surface area is 132 Å². The summed E-state index contributed by atoms with van der Waals surface area (Å²) in [5.74, 6) is -0.617. The third-order valence-electron chi connectivity index (χ3n) is 4.25. The number of aryl methyl sites for hydroxylation is 1. The number of carboxylic acid groups (broad SMARTS) is 1. The summed E-state index contributed by atoms with van der Waals surface area (Å²) in [6, 6.07) is 17.1. The Kier molecular flexibility index (Phi) is 5.34. The lowest BCUT2D eigenvalue weighted by Crippen LogP contribution is -2.38. The van der Waals surface area contributed by atoms with Crippen molar-refractivity contribution < 1.29 is 9.90 Å². The third-order valence-corrected chi connectivity index (χ3v) is 4.25. The van der Waals surface area contributed by atoms with Gasteiger partial charge in [0.25, 0.3) is 0 Å². The zero-order valence-corrected chi connectivity index (χ0v) is 13.3. The molecule has 0 saturated carbocycles. The van der Waals surface area contributed by atoms with E-state index in [1.807, 2.05) is 56.3 Å². The van der Waals surface area contributed by atoms with Gasteiger partial charge in [0.1, 0.15) is 6.04 Å². The maximum absolute atomic E-state index is 11.7. The zero-order valence-electron chi connectivity index (χ0n) is 13.3. The highest BCUT2D eigenvalue weighted by atomic mass is 16.4. The van der Waals surface area contributed by atoms with E-state index in [0.29, 0.717) is 0 Å². The van der Waals surface area contributed by atoms with Gasteiger partial charge in [-0.25, -0.2) is 0 Å². The molecule has 0 radical (unpaired) electrons. The average molecular weight is 297 g/mol. The summed E-state index contributed by atoms with van der Waals surface area (Å²) in [5, 5.41) is 12.9. The number of nitrogens with one attached hydrogen (secondary N) is 1. The van der Waals surface area contributed by atoms with Crippen molar-refractivity contribution in [2.75, 3.05) is 0 Å². The van der Waals surface area contributed by atoms with Crippen LogP contribution >= 0.6 is 0 Å². The zero-order chi connectivity index (χ0) is 16.1. The predicted octanol–water partition coefficient (Wildman–Crippen LogP) is 3.90. The summed E-state index contributed by atoms with van der Waals surface area (Å²) in [6.45, 7) is 6.09. The second kappa shape index (κ2) is 7.23. The second-order valence-corrected chi connectivity index (χ2v) is 5.78. The molecule has 0 aliphatic carbocycles. The van der Waals surface area contributed by atoms with Gasteiger partial charge >= 0.3 is 5.97 Å². The van der Waals surface area contributed by atoms with Gasteiger partial charge in [-0.15, -0.1) is 0 Å². The van der Waals surface area contributed by atoms with E-state index in [9.17, 15) is 9.90 Å². The Hall–Kier alpha value is -2.13. The Morgan fingerprint density at radius 3 is 2.18 bits per heavy atom. The first-order valence-electron chi connectivity index (χ1n) is 7.60. The van der Waals surface area contributed by atoms with Crippen LogP contribution in [0, 0.1) is 6.92 Å². The number of carboxylic acids is 1. The van der Waals surface area contributed by atoms with E-state index in [0.717, 1.165) is 11.1 Å². The van der Waals surface area contributed by atoms with Crippen LogP contribution in [0.5, 0.6) is 0 Å². The molecule has 0 spiro atoms. The topological polar surface area (TPSA) is 49.3 Å². The summed E-state index contributed by atoms with van der Waals surface area (Å²) in [7, 11) is 0. The van der Waals surface area contributed by atoms with Crippen LogP contribution < -0.4 is 5.32 Å². The van der Waals surface area contributed by atoms with Gasteiger partial charge in [0.15, 0.2) is 0 Å². The molecule has 3 atom stereocenters. The van der Waals surface area contributed by atoms with E-state index >= 15 is 0 Å². The fraction of sp³-hybridized carbons (Fsp3) is 0.316. The lowest BCUT2D eigenvalue weighted by atomic mass is 9.92. The number of hydrogen-bond acceptors (Lipinski definition) is 2. The highest BCUT2D eigenvalue weighted by Gasteiger charge is 2.25. The number of carbonyl (C=O) groups is 1. The molecule has 0 fully saturated rings. The lowest BCUT2D eigenvalue weighted by molar-refractivity contribution is -0.139. The molecule has 3 nitrogen and oxygen atoms in total. The smallest absolute Gasteiger partial charge is 0.325 e. The van der Waals surface area contributed by atoms with Crippen molar-refractivity contribution in [1.82, 2.24) is 5.32 Å². The third kappa shape index (κ3) is 3.74. The van der Waals surface area contributed by atoms with Crippen molar-refractivity contribution in [3.05, 3.63) is 71.3 Å². The molecule has 22 heavy (non-hydrogen) atoms. The van der Waals surface area contributed by atoms with Gasteiger partial charge in [-0.2, -0.15) is 0 Å². The standard InChI is InChI=1S/C19H23NO2/c1-13-9-7-8-12-17(13)18(19(21)22)20-15(3)14(2)16-10-5-4-6-11-16/h4-12,14-15,18,20H,1-3H3,(H,21,22)/t14-,15-,18-/m0/s1. The van der Waals surface area contributed by atoms with Crippen LogP contribution in [0.3, 0.4) is 0 Å². The quantitative estimate of drug-likeness (QED) is 0.850. The first-order valence-corrected chi connectivity index (χ1v) is 7.60. The molecule has 0 bridgehead atoms. The van der Waals surface area contributed by atoms with Crippen molar-refractivity contribution in [2.24, 2.45) is 0 Å². The van der Waals surface area contributed by atoms with Crippen LogP contribution in [-0.4, -0.2) is 17.1 Å². The van der Waals surface area contributed by atoms with E-state index in [1.54, 1.807) is 0 Å². The van der Waals surface area contributed by atoms with E-state index in [-0.39, 0.29) is 12.0 Å². The summed E-state index contributed by atoms with van der Waals surface area (Å²) in [6.07, 6.45) is 0. The molecule has 2 aromatic rings. The minimum absolute atomic E-state index is 0.0445. The number of benzene rings is 2. The summed E-state index contributed by atoms with van der Waals surface area (Å²) < 4.78 is 0. The molecule has 0 amide bonds. The fourth-order valence-corrected chi connectivity index (χ4v) is 2.66. The second-order valence-electron chi connectivity index (χ2n) is 5.78. The lowest BCUT2D eigenvalue weighted by Gasteiger charge is -2.26. The SMILES string of the molecule is Cc1ccccc1[C@H](N[C@@H](C)[C@H](C)c1ccccc1)C(=O)O. The van der Waals surface area contributed by atoms with Crippen molar-refractivity contribution in [3.8, 4) is 0 Å². The van der Waals surface area contributed by atoms with Gasteiger partial charge in [0.05, 0.1) is 0 Å². The Bertz CT molecular complexity index is 624. The maximum atomic E-state index is 11.7. The van der Waals surface area contributed by atoms with Crippen LogP contribution in [0.1, 0.15) is 42.5 Å². The molecule has 0 aromatic heterocycles. The van der Waals surface area contributed by atoms with Crippen LogP contribution in [0.25, 0.3) is 0 Å². The predicted molar refractivity (Wildman–Crippen MR) is 89.0 cm³/mol. The molecule has 2 N–H and O–H groups in total. The Morgan fingerprint density at radius 1 is 1.00 bits per heavy atom. The minimum atomic E-state index is -0.846. The van der Waals surface area contributed by atoms with Crippen molar-refractivity contribution in [2.45, 2.75) is 38.8 Å². The monoisotopic (exact) mass is 297 g/mol. The number of rotatable bonds is 6. The largest absolute Gasteiger partial charge is 0.480 e. The van der Waals surface area contributed by atoms with E-state index in [1.165, 1.54) is 5.56 Å². The highest BCUT2D eigenvalue weighted by Crippen LogP contribution is 2.23. The van der Waals surface area contributed by atoms with Crippen molar-refractivity contribution in [1.29, 1.82) is 0 Å². The van der Waals surface area contributed by atoms with E-state index in [4.69, 9.17) is 0 Å². The Morgan fingerprint density at radius 2 is 1.59 bits per heavy atom. The summed E-state index contributed by atoms with van der Waals surface area (Å²) >= 11 is 0. The van der Waals surface area contributed by atoms with Crippen LogP contribution in [0.4, 0.5) is 0 Å². The molecule has 0 aliphatic heterocycles. The van der Waals surface area contributed by atoms with Gasteiger partial charge in [-0.05, 0) is 36.5 Å². The Balaban J connectivity index is 2.18. The first kappa shape index (κ1) is 16.2. The minimum Gasteiger partial charge on any atom is -0.480 e. The summed E-state index contributed by atoms with van der Waals surface area (Å²) in [4.78, 5) is 11.7. The molecule has 2 rings (SSSR count). The molecule has 3 heteroatoms. The van der Waals surface area contributed by atoms with Crippen LogP contribution in [0.15, 0.2) is 54.6 Å². The van der Waals surface area contributed by atoms with Gasteiger partial charge in [-0.1, -0.05) is 61.5 Å². The molecule has 116 valence electrons. The average Bonchev–Trinajstić information content (AvgIpc) is 2.53. The molecular weight excluding hydrogens is 274 g/mol. The number of aliphatic carboxylic acids is 1. The molecule has 0 saturated heterocycles. The normalized spacial score (nSPS) is 15.0. The van der Waals surface area contributed by atoms with Crippen LogP contribution in [-0.2, 0) is 4.79 Å². The number of hydrogen-bond donors (Lipinski definition) is 2.